The highest BCUT2D eigenvalue weighted by atomic mass is 35.5. The van der Waals surface area contributed by atoms with Crippen LogP contribution in [0.5, 0.6) is 0 Å². The SMILES string of the molecule is Cc1cc(Nc2ccc(C)c(C)c2)n2nc(C)c(-c3ccccc3Cl)c2n1. The van der Waals surface area contributed by atoms with E-state index in [2.05, 4.69) is 37.4 Å². The van der Waals surface area contributed by atoms with E-state index in [9.17, 15) is 0 Å². The lowest BCUT2D eigenvalue weighted by Gasteiger charge is -2.11. The second kappa shape index (κ2) is 6.71. The average Bonchev–Trinajstić information content (AvgIpc) is 2.95. The van der Waals surface area contributed by atoms with Crippen LogP contribution >= 0.6 is 11.6 Å². The van der Waals surface area contributed by atoms with Gasteiger partial charge in [0.1, 0.15) is 5.82 Å². The summed E-state index contributed by atoms with van der Waals surface area (Å²) in [5.74, 6) is 0.877. The molecule has 2 aromatic heterocycles. The van der Waals surface area contributed by atoms with Gasteiger partial charge in [0.25, 0.3) is 0 Å². The number of aromatic nitrogens is 3. The number of halogens is 1. The summed E-state index contributed by atoms with van der Waals surface area (Å²) < 4.78 is 1.86. The molecule has 136 valence electrons. The van der Waals surface area contributed by atoms with Gasteiger partial charge < -0.3 is 5.32 Å². The Bertz CT molecular complexity index is 1160. The van der Waals surface area contributed by atoms with Gasteiger partial charge in [-0.15, -0.1) is 0 Å². The molecular formula is C22H21ClN4. The Labute approximate surface area is 163 Å². The Balaban J connectivity index is 1.89. The number of hydrogen-bond acceptors (Lipinski definition) is 3. The number of fused-ring (bicyclic) bond motifs is 1. The summed E-state index contributed by atoms with van der Waals surface area (Å²) in [5, 5.41) is 8.93. The van der Waals surface area contributed by atoms with Crippen LogP contribution in [0.2, 0.25) is 5.02 Å². The summed E-state index contributed by atoms with van der Waals surface area (Å²) in [5.41, 5.74) is 8.06. The zero-order valence-electron chi connectivity index (χ0n) is 15.8. The minimum Gasteiger partial charge on any atom is -0.340 e. The summed E-state index contributed by atoms with van der Waals surface area (Å²) in [6.45, 7) is 8.20. The molecule has 0 saturated carbocycles. The van der Waals surface area contributed by atoms with Gasteiger partial charge in [0.15, 0.2) is 5.65 Å². The van der Waals surface area contributed by atoms with Gasteiger partial charge in [0, 0.05) is 28.0 Å². The minimum atomic E-state index is 0.697. The fourth-order valence-electron chi connectivity index (χ4n) is 3.28. The normalized spacial score (nSPS) is 11.1. The Morgan fingerprint density at radius 3 is 2.44 bits per heavy atom. The van der Waals surface area contributed by atoms with Crippen LogP contribution in [-0.4, -0.2) is 14.6 Å². The van der Waals surface area contributed by atoms with Crippen LogP contribution < -0.4 is 5.32 Å². The van der Waals surface area contributed by atoms with Gasteiger partial charge >= 0.3 is 0 Å². The minimum absolute atomic E-state index is 0.697. The molecule has 1 N–H and O–H groups in total. The lowest BCUT2D eigenvalue weighted by atomic mass is 10.1. The summed E-state index contributed by atoms with van der Waals surface area (Å²) in [6.07, 6.45) is 0. The van der Waals surface area contributed by atoms with Gasteiger partial charge in [0.05, 0.1) is 11.3 Å². The van der Waals surface area contributed by atoms with E-state index in [4.69, 9.17) is 21.7 Å². The van der Waals surface area contributed by atoms with Crippen LogP contribution in [0.1, 0.15) is 22.5 Å². The molecule has 0 aliphatic heterocycles. The second-order valence-electron chi connectivity index (χ2n) is 6.88. The number of aryl methyl sites for hydroxylation is 4. The molecule has 4 aromatic rings. The van der Waals surface area contributed by atoms with Gasteiger partial charge in [-0.1, -0.05) is 35.9 Å². The third kappa shape index (κ3) is 3.17. The molecule has 4 rings (SSSR count). The van der Waals surface area contributed by atoms with E-state index in [0.717, 1.165) is 39.7 Å². The molecule has 27 heavy (non-hydrogen) atoms. The highest BCUT2D eigenvalue weighted by molar-refractivity contribution is 6.33. The maximum Gasteiger partial charge on any atom is 0.165 e. The third-order valence-corrected chi connectivity index (χ3v) is 5.14. The molecule has 0 spiro atoms. The molecule has 0 radical (unpaired) electrons. The Kier molecular flexibility index (Phi) is 4.36. The smallest absolute Gasteiger partial charge is 0.165 e. The lowest BCUT2D eigenvalue weighted by Crippen LogP contribution is -2.03. The molecule has 0 fully saturated rings. The lowest BCUT2D eigenvalue weighted by molar-refractivity contribution is 0.917. The van der Waals surface area contributed by atoms with Gasteiger partial charge in [-0.25, -0.2) is 4.98 Å². The molecule has 4 nitrogen and oxygen atoms in total. The number of benzene rings is 2. The van der Waals surface area contributed by atoms with Crippen LogP contribution in [0.3, 0.4) is 0 Å². The Morgan fingerprint density at radius 1 is 0.926 bits per heavy atom. The molecular weight excluding hydrogens is 356 g/mol. The highest BCUT2D eigenvalue weighted by Crippen LogP contribution is 2.34. The zero-order valence-corrected chi connectivity index (χ0v) is 16.6. The van der Waals surface area contributed by atoms with Crippen molar-refractivity contribution in [3.63, 3.8) is 0 Å². The largest absolute Gasteiger partial charge is 0.340 e. The maximum absolute atomic E-state index is 6.45. The van der Waals surface area contributed by atoms with Crippen LogP contribution in [-0.2, 0) is 0 Å². The first-order chi connectivity index (χ1) is 12.9. The number of nitrogens with zero attached hydrogens (tertiary/aromatic N) is 3. The van der Waals surface area contributed by atoms with Crippen molar-refractivity contribution in [2.75, 3.05) is 5.32 Å². The summed E-state index contributed by atoms with van der Waals surface area (Å²) >= 11 is 6.45. The molecule has 0 unspecified atom stereocenters. The van der Waals surface area contributed by atoms with E-state index in [0.29, 0.717) is 5.02 Å². The van der Waals surface area contributed by atoms with Crippen molar-refractivity contribution in [2.24, 2.45) is 0 Å². The fraction of sp³-hybridized carbons (Fsp3) is 0.182. The molecule has 2 aromatic carbocycles. The van der Waals surface area contributed by atoms with Crippen molar-refractivity contribution in [1.29, 1.82) is 0 Å². The first-order valence-corrected chi connectivity index (χ1v) is 9.28. The van der Waals surface area contributed by atoms with E-state index in [1.807, 2.05) is 48.7 Å². The monoisotopic (exact) mass is 376 g/mol. The molecule has 0 amide bonds. The summed E-state index contributed by atoms with van der Waals surface area (Å²) in [7, 11) is 0. The molecule has 5 heteroatoms. The fourth-order valence-corrected chi connectivity index (χ4v) is 3.51. The van der Waals surface area contributed by atoms with Crippen LogP contribution in [0.15, 0.2) is 48.5 Å². The molecule has 2 heterocycles. The number of hydrogen-bond donors (Lipinski definition) is 1. The van der Waals surface area contributed by atoms with Crippen molar-refractivity contribution in [2.45, 2.75) is 27.7 Å². The van der Waals surface area contributed by atoms with Crippen molar-refractivity contribution >= 4 is 28.8 Å². The molecule has 0 aliphatic carbocycles. The van der Waals surface area contributed by atoms with Crippen molar-refractivity contribution in [3.8, 4) is 11.1 Å². The second-order valence-corrected chi connectivity index (χ2v) is 7.29. The standard InChI is InChI=1S/C22H21ClN4/c1-13-9-10-17(11-14(13)2)25-20-12-15(3)24-22-21(16(4)26-27(20)22)18-7-5-6-8-19(18)23/h5-12,25H,1-4H3. The van der Waals surface area contributed by atoms with E-state index in [1.165, 1.54) is 11.1 Å². The van der Waals surface area contributed by atoms with E-state index >= 15 is 0 Å². The van der Waals surface area contributed by atoms with Crippen LogP contribution in [0, 0.1) is 27.7 Å². The number of rotatable bonds is 3. The zero-order chi connectivity index (χ0) is 19.1. The molecule has 0 saturated heterocycles. The average molecular weight is 377 g/mol. The van der Waals surface area contributed by atoms with Crippen LogP contribution in [0.4, 0.5) is 11.5 Å². The van der Waals surface area contributed by atoms with E-state index in [-0.39, 0.29) is 0 Å². The third-order valence-electron chi connectivity index (χ3n) is 4.81. The predicted molar refractivity (Wildman–Crippen MR) is 112 cm³/mol. The van der Waals surface area contributed by atoms with E-state index < -0.39 is 0 Å². The van der Waals surface area contributed by atoms with E-state index in [1.54, 1.807) is 0 Å². The topological polar surface area (TPSA) is 42.2 Å². The first kappa shape index (κ1) is 17.6. The summed E-state index contributed by atoms with van der Waals surface area (Å²) in [6, 6.07) is 16.2. The van der Waals surface area contributed by atoms with Crippen molar-refractivity contribution in [3.05, 3.63) is 76.1 Å². The maximum atomic E-state index is 6.45. The van der Waals surface area contributed by atoms with Crippen molar-refractivity contribution in [1.82, 2.24) is 14.6 Å². The quantitative estimate of drug-likeness (QED) is 0.474. The van der Waals surface area contributed by atoms with Crippen molar-refractivity contribution < 1.29 is 0 Å². The number of nitrogens with one attached hydrogen (secondary N) is 1. The highest BCUT2D eigenvalue weighted by Gasteiger charge is 2.18. The summed E-state index contributed by atoms with van der Waals surface area (Å²) in [4.78, 5) is 4.75. The predicted octanol–water partition coefficient (Wildman–Crippen LogP) is 6.03. The first-order valence-electron chi connectivity index (χ1n) is 8.90. The van der Waals surface area contributed by atoms with Crippen LogP contribution in [0.25, 0.3) is 16.8 Å². The van der Waals surface area contributed by atoms with Gasteiger partial charge in [-0.05, 0) is 57.0 Å². The Hall–Kier alpha value is -2.85. The van der Waals surface area contributed by atoms with Gasteiger partial charge in [-0.3, -0.25) is 0 Å². The Morgan fingerprint density at radius 2 is 1.70 bits per heavy atom. The van der Waals surface area contributed by atoms with Gasteiger partial charge in [-0.2, -0.15) is 9.61 Å². The molecule has 0 aliphatic rings. The van der Waals surface area contributed by atoms with Gasteiger partial charge in [0.2, 0.25) is 0 Å². The molecule has 0 bridgehead atoms. The number of anilines is 2. The molecule has 0 atom stereocenters.